The minimum atomic E-state index is -0.513. The standard InChI is InChI=1S/C15H23NO4/c1-15(2,3)20-14(17)9-12(16)11-7-6-10(18-4)8-13(11)19-5/h6-8,12H,9,16H2,1-5H3. The predicted molar refractivity (Wildman–Crippen MR) is 76.9 cm³/mol. The Morgan fingerprint density at radius 3 is 2.40 bits per heavy atom. The molecule has 0 saturated heterocycles. The van der Waals surface area contributed by atoms with Crippen molar-refractivity contribution in [2.24, 2.45) is 5.73 Å². The molecule has 5 heteroatoms. The van der Waals surface area contributed by atoms with E-state index in [1.54, 1.807) is 32.4 Å². The van der Waals surface area contributed by atoms with Gasteiger partial charge in [0.15, 0.2) is 0 Å². The molecule has 0 aliphatic carbocycles. The maximum absolute atomic E-state index is 11.8. The van der Waals surface area contributed by atoms with Crippen molar-refractivity contribution in [3.05, 3.63) is 23.8 Å². The van der Waals surface area contributed by atoms with Gasteiger partial charge in [0.2, 0.25) is 0 Å². The van der Waals surface area contributed by atoms with Crippen LogP contribution < -0.4 is 15.2 Å². The quantitative estimate of drug-likeness (QED) is 0.839. The van der Waals surface area contributed by atoms with E-state index in [-0.39, 0.29) is 12.4 Å². The van der Waals surface area contributed by atoms with Gasteiger partial charge in [-0.1, -0.05) is 6.07 Å². The van der Waals surface area contributed by atoms with Gasteiger partial charge in [0.05, 0.1) is 20.6 Å². The van der Waals surface area contributed by atoms with Crippen molar-refractivity contribution in [2.75, 3.05) is 14.2 Å². The van der Waals surface area contributed by atoms with Crippen molar-refractivity contribution in [3.8, 4) is 11.5 Å². The Morgan fingerprint density at radius 2 is 1.90 bits per heavy atom. The van der Waals surface area contributed by atoms with Gasteiger partial charge in [0, 0.05) is 17.7 Å². The molecule has 20 heavy (non-hydrogen) atoms. The molecule has 0 bridgehead atoms. The molecule has 0 amide bonds. The number of hydrogen-bond acceptors (Lipinski definition) is 5. The minimum absolute atomic E-state index is 0.0972. The van der Waals surface area contributed by atoms with E-state index in [1.807, 2.05) is 20.8 Å². The summed E-state index contributed by atoms with van der Waals surface area (Å²) >= 11 is 0. The monoisotopic (exact) mass is 281 g/mol. The molecule has 0 aliphatic rings. The molecule has 0 spiro atoms. The number of esters is 1. The van der Waals surface area contributed by atoms with E-state index in [4.69, 9.17) is 19.9 Å². The molecular formula is C15H23NO4. The van der Waals surface area contributed by atoms with Crippen LogP contribution in [-0.2, 0) is 9.53 Å². The molecule has 2 N–H and O–H groups in total. The number of benzene rings is 1. The Hall–Kier alpha value is -1.75. The van der Waals surface area contributed by atoms with Crippen LogP contribution in [0.15, 0.2) is 18.2 Å². The van der Waals surface area contributed by atoms with Crippen molar-refractivity contribution in [1.82, 2.24) is 0 Å². The smallest absolute Gasteiger partial charge is 0.308 e. The largest absolute Gasteiger partial charge is 0.497 e. The van der Waals surface area contributed by atoms with Gasteiger partial charge in [-0.25, -0.2) is 0 Å². The molecule has 112 valence electrons. The lowest BCUT2D eigenvalue weighted by Gasteiger charge is -2.21. The molecule has 0 aliphatic heterocycles. The van der Waals surface area contributed by atoms with Crippen LogP contribution in [0.1, 0.15) is 38.8 Å². The Labute approximate surface area is 120 Å². The van der Waals surface area contributed by atoms with E-state index in [2.05, 4.69) is 0 Å². The number of carbonyl (C=O) groups is 1. The Bertz CT molecular complexity index is 465. The number of methoxy groups -OCH3 is 2. The molecule has 0 aromatic heterocycles. The molecule has 1 atom stereocenters. The van der Waals surface area contributed by atoms with E-state index < -0.39 is 11.6 Å². The van der Waals surface area contributed by atoms with Crippen LogP contribution in [0.4, 0.5) is 0 Å². The van der Waals surface area contributed by atoms with E-state index in [9.17, 15) is 4.79 Å². The lowest BCUT2D eigenvalue weighted by Crippen LogP contribution is -2.26. The topological polar surface area (TPSA) is 70.8 Å². The van der Waals surface area contributed by atoms with Gasteiger partial charge < -0.3 is 19.9 Å². The molecule has 5 nitrogen and oxygen atoms in total. The van der Waals surface area contributed by atoms with Gasteiger partial charge in [0.1, 0.15) is 17.1 Å². The highest BCUT2D eigenvalue weighted by atomic mass is 16.6. The first-order valence-corrected chi connectivity index (χ1v) is 6.46. The molecule has 0 heterocycles. The van der Waals surface area contributed by atoms with E-state index in [0.29, 0.717) is 11.5 Å². The summed E-state index contributed by atoms with van der Waals surface area (Å²) in [6.07, 6.45) is 0.0972. The third-order valence-corrected chi connectivity index (χ3v) is 2.65. The Morgan fingerprint density at radius 1 is 1.25 bits per heavy atom. The first-order valence-electron chi connectivity index (χ1n) is 6.46. The van der Waals surface area contributed by atoms with Gasteiger partial charge in [0.25, 0.3) is 0 Å². The Balaban J connectivity index is 2.81. The maximum Gasteiger partial charge on any atom is 0.308 e. The molecule has 0 fully saturated rings. The fraction of sp³-hybridized carbons (Fsp3) is 0.533. The van der Waals surface area contributed by atoms with E-state index in [1.165, 1.54) is 0 Å². The highest BCUT2D eigenvalue weighted by Gasteiger charge is 2.21. The van der Waals surface area contributed by atoms with Gasteiger partial charge in [-0.2, -0.15) is 0 Å². The zero-order chi connectivity index (χ0) is 15.3. The van der Waals surface area contributed by atoms with Crippen molar-refractivity contribution in [2.45, 2.75) is 38.8 Å². The predicted octanol–water partition coefficient (Wildman–Crippen LogP) is 2.44. The third-order valence-electron chi connectivity index (χ3n) is 2.65. The van der Waals surface area contributed by atoms with Crippen LogP contribution in [0.3, 0.4) is 0 Å². The fourth-order valence-electron chi connectivity index (χ4n) is 1.80. The van der Waals surface area contributed by atoms with E-state index >= 15 is 0 Å². The van der Waals surface area contributed by atoms with Crippen LogP contribution in [0.25, 0.3) is 0 Å². The van der Waals surface area contributed by atoms with Crippen LogP contribution >= 0.6 is 0 Å². The van der Waals surface area contributed by atoms with Crippen LogP contribution in [0.2, 0.25) is 0 Å². The lowest BCUT2D eigenvalue weighted by molar-refractivity contribution is -0.155. The number of nitrogens with two attached hydrogens (primary N) is 1. The van der Waals surface area contributed by atoms with Crippen LogP contribution in [0, 0.1) is 0 Å². The number of carbonyl (C=O) groups excluding carboxylic acids is 1. The SMILES string of the molecule is COc1ccc(C(N)CC(=O)OC(C)(C)C)c(OC)c1. The minimum Gasteiger partial charge on any atom is -0.497 e. The molecule has 1 aromatic carbocycles. The zero-order valence-corrected chi connectivity index (χ0v) is 12.7. The Kier molecular flexibility index (Phi) is 5.39. The molecule has 1 rings (SSSR count). The number of ether oxygens (including phenoxy) is 3. The summed E-state index contributed by atoms with van der Waals surface area (Å²) in [5, 5.41) is 0. The third kappa shape index (κ3) is 4.74. The van der Waals surface area contributed by atoms with Crippen molar-refractivity contribution >= 4 is 5.97 Å². The molecule has 0 saturated carbocycles. The second-order valence-corrected chi connectivity index (χ2v) is 5.50. The van der Waals surface area contributed by atoms with Crippen molar-refractivity contribution < 1.29 is 19.0 Å². The number of hydrogen-bond donors (Lipinski definition) is 1. The van der Waals surface area contributed by atoms with Gasteiger partial charge in [-0.3, -0.25) is 4.79 Å². The normalized spacial score (nSPS) is 12.7. The first kappa shape index (κ1) is 16.3. The fourth-order valence-corrected chi connectivity index (χ4v) is 1.80. The summed E-state index contributed by atoms with van der Waals surface area (Å²) in [6, 6.07) is 4.84. The van der Waals surface area contributed by atoms with Crippen molar-refractivity contribution in [3.63, 3.8) is 0 Å². The summed E-state index contributed by atoms with van der Waals surface area (Å²) in [7, 11) is 3.13. The number of rotatable bonds is 5. The molecule has 1 aromatic rings. The molecule has 1 unspecified atom stereocenters. The highest BCUT2D eigenvalue weighted by molar-refractivity contribution is 5.71. The van der Waals surface area contributed by atoms with Crippen molar-refractivity contribution in [1.29, 1.82) is 0 Å². The average molecular weight is 281 g/mol. The highest BCUT2D eigenvalue weighted by Crippen LogP contribution is 2.30. The first-order chi connectivity index (χ1) is 9.26. The lowest BCUT2D eigenvalue weighted by atomic mass is 10.0. The average Bonchev–Trinajstić information content (AvgIpc) is 2.35. The summed E-state index contributed by atoms with van der Waals surface area (Å²) < 4.78 is 15.7. The summed E-state index contributed by atoms with van der Waals surface area (Å²) in [4.78, 5) is 11.8. The maximum atomic E-state index is 11.8. The second kappa shape index (κ2) is 6.61. The van der Waals surface area contributed by atoms with Gasteiger partial charge >= 0.3 is 5.97 Å². The zero-order valence-electron chi connectivity index (χ0n) is 12.7. The summed E-state index contributed by atoms with van der Waals surface area (Å²) in [6.45, 7) is 5.47. The van der Waals surface area contributed by atoms with Crippen LogP contribution in [-0.4, -0.2) is 25.8 Å². The van der Waals surface area contributed by atoms with Crippen LogP contribution in [0.5, 0.6) is 11.5 Å². The molecular weight excluding hydrogens is 258 g/mol. The van der Waals surface area contributed by atoms with Gasteiger partial charge in [-0.05, 0) is 26.8 Å². The summed E-state index contributed by atoms with van der Waals surface area (Å²) in [5.74, 6) is 0.943. The molecule has 0 radical (unpaired) electrons. The summed E-state index contributed by atoms with van der Waals surface area (Å²) in [5.41, 5.74) is 6.30. The second-order valence-electron chi connectivity index (χ2n) is 5.50. The van der Waals surface area contributed by atoms with Gasteiger partial charge in [-0.15, -0.1) is 0 Å². The van der Waals surface area contributed by atoms with E-state index in [0.717, 1.165) is 5.56 Å².